The van der Waals surface area contributed by atoms with Gasteiger partial charge in [0.1, 0.15) is 11.1 Å². The van der Waals surface area contributed by atoms with Crippen LogP contribution < -0.4 is 10.4 Å². The van der Waals surface area contributed by atoms with E-state index in [0.717, 1.165) is 52.5 Å². The first-order chi connectivity index (χ1) is 16.8. The summed E-state index contributed by atoms with van der Waals surface area (Å²) in [6.45, 7) is 7.57. The van der Waals surface area contributed by atoms with Crippen molar-refractivity contribution >= 4 is 39.2 Å². The van der Waals surface area contributed by atoms with Crippen LogP contribution in [-0.2, 0) is 14.8 Å². The predicted molar refractivity (Wildman–Crippen MR) is 138 cm³/mol. The Morgan fingerprint density at radius 3 is 2.71 bits per heavy atom. The van der Waals surface area contributed by atoms with Gasteiger partial charge >= 0.3 is 0 Å². The van der Waals surface area contributed by atoms with E-state index in [-0.39, 0.29) is 0 Å². The minimum Gasteiger partial charge on any atom is -0.354 e. The molecule has 1 unspecified atom stereocenters. The molecule has 1 amide bonds. The number of thiophene rings is 1. The zero-order valence-electron chi connectivity index (χ0n) is 19.2. The molecule has 0 spiro atoms. The Balaban J connectivity index is 1.56. The van der Waals surface area contributed by atoms with Crippen LogP contribution in [0.2, 0.25) is 0 Å². The number of rotatable bonds is 8. The topological polar surface area (TPSA) is 108 Å². The Hall–Kier alpha value is -3.25. The second-order valence-corrected chi connectivity index (χ2v) is 11.3. The Morgan fingerprint density at radius 2 is 2.00 bits per heavy atom. The summed E-state index contributed by atoms with van der Waals surface area (Å²) in [5.74, 6) is 0.212. The van der Waals surface area contributed by atoms with Crippen molar-refractivity contribution in [1.82, 2.24) is 19.3 Å². The first-order valence-corrected chi connectivity index (χ1v) is 13.3. The smallest absolute Gasteiger partial charge is 0.267 e. The van der Waals surface area contributed by atoms with Crippen LogP contribution in [0.4, 0.5) is 5.82 Å². The lowest BCUT2D eigenvalue weighted by molar-refractivity contribution is -0.124. The van der Waals surface area contributed by atoms with Gasteiger partial charge in [-0.25, -0.2) is 18.9 Å². The number of hydrogen-bond donors (Lipinski definition) is 2. The number of nitrogens with one attached hydrogen (secondary N) is 1. The molecule has 4 rings (SSSR count). The fraction of sp³-hybridized carbons (Fsp3) is 0.250. The van der Waals surface area contributed by atoms with E-state index in [1.165, 1.54) is 41.4 Å². The van der Waals surface area contributed by atoms with E-state index in [2.05, 4.69) is 28.4 Å². The molecule has 0 bridgehead atoms. The highest BCUT2D eigenvalue weighted by Gasteiger charge is 2.28. The zero-order chi connectivity index (χ0) is 25.0. The van der Waals surface area contributed by atoms with E-state index in [1.807, 2.05) is 24.3 Å². The summed E-state index contributed by atoms with van der Waals surface area (Å²) in [6, 6.07) is 9.28. The molecule has 0 aromatic carbocycles. The maximum absolute atomic E-state index is 13.3. The quantitative estimate of drug-likeness (QED) is 0.206. The number of carbonyl (C=O) groups excluding carboxylic acids is 1. The van der Waals surface area contributed by atoms with Crippen molar-refractivity contribution in [3.8, 4) is 10.4 Å². The number of nitrogens with zero attached hydrogens (tertiary/aromatic N) is 4. The van der Waals surface area contributed by atoms with Gasteiger partial charge in [-0.05, 0) is 54.6 Å². The van der Waals surface area contributed by atoms with Crippen LogP contribution >= 0.6 is 11.3 Å². The average molecular weight is 514 g/mol. The number of hydroxylamine groups is 1. The average Bonchev–Trinajstić information content (AvgIpc) is 3.54. The Kier molecular flexibility index (Phi) is 7.51. The molecule has 1 fully saturated rings. The van der Waals surface area contributed by atoms with Gasteiger partial charge in [0.2, 0.25) is 10.0 Å². The molecule has 3 aromatic heterocycles. The first kappa shape index (κ1) is 24.9. The third-order valence-corrected chi connectivity index (χ3v) is 9.09. The lowest BCUT2D eigenvalue weighted by Gasteiger charge is -2.33. The molecule has 0 radical (unpaired) electrons. The minimum absolute atomic E-state index is 0.500. The SMILES string of the molecule is C=CC(c1ccc(-c2ccnc(N3CCN(C)CC3)c2)s1)S(=O)(=O)n1ccc(/C=C/C(=O)NO)c1. The van der Waals surface area contributed by atoms with E-state index in [9.17, 15) is 13.2 Å². The third kappa shape index (κ3) is 5.54. The Morgan fingerprint density at radius 1 is 1.23 bits per heavy atom. The summed E-state index contributed by atoms with van der Waals surface area (Å²) >= 11 is 1.41. The molecule has 3 aromatic rings. The molecule has 35 heavy (non-hydrogen) atoms. The van der Waals surface area contributed by atoms with E-state index in [0.29, 0.717) is 10.4 Å². The summed E-state index contributed by atoms with van der Waals surface area (Å²) in [4.78, 5) is 21.9. The van der Waals surface area contributed by atoms with Crippen LogP contribution in [0.5, 0.6) is 0 Å². The predicted octanol–water partition coefficient (Wildman–Crippen LogP) is 2.99. The van der Waals surface area contributed by atoms with Gasteiger partial charge in [0.25, 0.3) is 5.91 Å². The number of anilines is 1. The van der Waals surface area contributed by atoms with Crippen LogP contribution in [0.15, 0.2) is 67.7 Å². The molecule has 4 heterocycles. The number of carbonyl (C=O) groups is 1. The number of likely N-dealkylation sites (N-methyl/N-ethyl adjacent to an activating group) is 1. The largest absolute Gasteiger partial charge is 0.354 e. The van der Waals surface area contributed by atoms with Crippen LogP contribution in [0.3, 0.4) is 0 Å². The fourth-order valence-corrected chi connectivity index (χ4v) is 6.68. The highest BCUT2D eigenvalue weighted by Crippen LogP contribution is 2.37. The lowest BCUT2D eigenvalue weighted by Crippen LogP contribution is -2.44. The summed E-state index contributed by atoms with van der Waals surface area (Å²) in [6.07, 6.45) is 8.55. The molecule has 0 saturated carbocycles. The monoisotopic (exact) mass is 513 g/mol. The normalized spacial score (nSPS) is 15.9. The number of hydrogen-bond acceptors (Lipinski definition) is 8. The maximum Gasteiger partial charge on any atom is 0.267 e. The van der Waals surface area contributed by atoms with Gasteiger partial charge in [0.05, 0.1) is 0 Å². The first-order valence-electron chi connectivity index (χ1n) is 11.0. The van der Waals surface area contributed by atoms with E-state index in [1.54, 1.807) is 12.3 Å². The van der Waals surface area contributed by atoms with Crippen molar-refractivity contribution < 1.29 is 18.4 Å². The van der Waals surface area contributed by atoms with Crippen LogP contribution in [0.1, 0.15) is 15.7 Å². The maximum atomic E-state index is 13.3. The van der Waals surface area contributed by atoms with Crippen molar-refractivity contribution in [2.75, 3.05) is 38.1 Å². The number of pyridine rings is 1. The van der Waals surface area contributed by atoms with Gasteiger partial charge in [-0.3, -0.25) is 14.0 Å². The van der Waals surface area contributed by atoms with E-state index >= 15 is 0 Å². The van der Waals surface area contributed by atoms with Gasteiger partial charge in [-0.1, -0.05) is 6.08 Å². The van der Waals surface area contributed by atoms with Crippen molar-refractivity contribution in [3.63, 3.8) is 0 Å². The van der Waals surface area contributed by atoms with E-state index < -0.39 is 21.2 Å². The highest BCUT2D eigenvalue weighted by molar-refractivity contribution is 7.90. The fourth-order valence-electron chi connectivity index (χ4n) is 3.82. The van der Waals surface area contributed by atoms with Gasteiger partial charge < -0.3 is 9.80 Å². The van der Waals surface area contributed by atoms with Crippen LogP contribution in [-0.4, -0.2) is 66.6 Å². The van der Waals surface area contributed by atoms with Crippen molar-refractivity contribution in [1.29, 1.82) is 0 Å². The summed E-state index contributed by atoms with van der Waals surface area (Å²) in [7, 11) is -1.72. The molecule has 184 valence electrons. The molecular weight excluding hydrogens is 486 g/mol. The molecule has 9 nitrogen and oxygen atoms in total. The highest BCUT2D eigenvalue weighted by atomic mass is 32.2. The van der Waals surface area contributed by atoms with Gasteiger partial charge in [-0.2, -0.15) is 0 Å². The molecule has 1 aliphatic rings. The standard InChI is InChI=1S/C24H27N5O4S2/c1-3-22(35(32,33)29-11-9-18(17-29)4-7-24(30)26-31)21-6-5-20(34-21)19-8-10-25-23(16-19)28-14-12-27(2)13-15-28/h3-11,16-17,22,31H,1,12-15H2,2H3,(H,26,30)/b7-4+. The molecule has 1 aliphatic heterocycles. The number of aromatic nitrogens is 2. The summed E-state index contributed by atoms with van der Waals surface area (Å²) in [5.41, 5.74) is 2.98. The second-order valence-electron chi connectivity index (χ2n) is 8.18. The number of amides is 1. The van der Waals surface area contributed by atoms with Crippen molar-refractivity contribution in [2.45, 2.75) is 5.25 Å². The van der Waals surface area contributed by atoms with E-state index in [4.69, 9.17) is 5.21 Å². The summed E-state index contributed by atoms with van der Waals surface area (Å²) in [5, 5.41) is 7.64. The lowest BCUT2D eigenvalue weighted by atomic mass is 10.2. The second kappa shape index (κ2) is 10.6. The van der Waals surface area contributed by atoms with Crippen molar-refractivity contribution in [2.24, 2.45) is 0 Å². The Labute approximate surface area is 208 Å². The molecule has 11 heteroatoms. The van der Waals surface area contributed by atoms with Gasteiger partial charge in [0, 0.05) is 60.6 Å². The number of piperazine rings is 1. The van der Waals surface area contributed by atoms with Crippen molar-refractivity contribution in [3.05, 3.63) is 78.1 Å². The third-order valence-electron chi connectivity index (χ3n) is 5.82. The molecule has 0 aliphatic carbocycles. The molecule has 1 atom stereocenters. The molecule has 2 N–H and O–H groups in total. The van der Waals surface area contributed by atoms with Crippen LogP contribution in [0, 0.1) is 0 Å². The van der Waals surface area contributed by atoms with Gasteiger partial charge in [-0.15, -0.1) is 17.9 Å². The molecular formula is C24H27N5O4S2. The minimum atomic E-state index is -3.83. The zero-order valence-corrected chi connectivity index (χ0v) is 20.9. The Bertz CT molecular complexity index is 1340. The molecule has 1 saturated heterocycles. The summed E-state index contributed by atoms with van der Waals surface area (Å²) < 4.78 is 27.8. The van der Waals surface area contributed by atoms with Gasteiger partial charge in [0.15, 0.2) is 0 Å². The van der Waals surface area contributed by atoms with Crippen LogP contribution in [0.25, 0.3) is 16.5 Å².